The Hall–Kier alpha value is -2.63. The molecule has 0 saturated heterocycles. The Labute approximate surface area is 127 Å². The zero-order valence-corrected chi connectivity index (χ0v) is 12.5. The predicted octanol–water partition coefficient (Wildman–Crippen LogP) is 3.02. The molecule has 2 aromatic heterocycles. The molecule has 0 fully saturated rings. The normalized spacial score (nSPS) is 12.9. The molecule has 2 heterocycles. The van der Waals surface area contributed by atoms with Crippen molar-refractivity contribution in [2.45, 2.75) is 26.3 Å². The van der Waals surface area contributed by atoms with Crippen LogP contribution in [0.15, 0.2) is 30.6 Å². The van der Waals surface area contributed by atoms with Gasteiger partial charge >= 0.3 is 5.97 Å². The van der Waals surface area contributed by atoms with Crippen molar-refractivity contribution in [3.8, 4) is 0 Å². The Balaban J connectivity index is 2.08. The molecule has 0 unspecified atom stereocenters. The fourth-order valence-electron chi connectivity index (χ4n) is 2.64. The van der Waals surface area contributed by atoms with Gasteiger partial charge in [-0.1, -0.05) is 32.0 Å². The summed E-state index contributed by atoms with van der Waals surface area (Å²) in [4.78, 5) is 23.2. The lowest BCUT2D eigenvalue weighted by Gasteiger charge is -2.17. The quantitative estimate of drug-likeness (QED) is 0.673. The molecule has 1 aromatic carbocycles. The second kappa shape index (κ2) is 5.63. The molecule has 1 atom stereocenters. The fourth-order valence-corrected chi connectivity index (χ4v) is 2.64. The van der Waals surface area contributed by atoms with Crippen LogP contribution >= 0.6 is 0 Å². The van der Waals surface area contributed by atoms with E-state index in [1.807, 2.05) is 38.1 Å². The van der Waals surface area contributed by atoms with Gasteiger partial charge in [0, 0.05) is 10.9 Å². The first kappa shape index (κ1) is 14.3. The standard InChI is InChI=1S/C16H18N4O2/c1-9(2)7-12(16(21)22)20-15-13-10-5-3-4-6-11(10)19-14(13)17-8-18-15/h3-6,8-9,12H,7H2,1-2H3,(H,21,22)(H2,17,18,19,20)/t12-/m1/s1. The van der Waals surface area contributed by atoms with Crippen molar-refractivity contribution >= 4 is 33.7 Å². The third kappa shape index (κ3) is 2.59. The molecule has 6 nitrogen and oxygen atoms in total. The summed E-state index contributed by atoms with van der Waals surface area (Å²) < 4.78 is 0. The van der Waals surface area contributed by atoms with Crippen molar-refractivity contribution in [2.24, 2.45) is 5.92 Å². The number of H-pyrrole nitrogens is 1. The van der Waals surface area contributed by atoms with Crippen LogP contribution in [0.5, 0.6) is 0 Å². The van der Waals surface area contributed by atoms with Crippen molar-refractivity contribution in [3.63, 3.8) is 0 Å². The molecule has 0 amide bonds. The number of benzene rings is 1. The van der Waals surface area contributed by atoms with Gasteiger partial charge in [0.1, 0.15) is 23.8 Å². The summed E-state index contributed by atoms with van der Waals surface area (Å²) in [7, 11) is 0. The first-order valence-electron chi connectivity index (χ1n) is 7.27. The van der Waals surface area contributed by atoms with Crippen LogP contribution in [0.25, 0.3) is 21.9 Å². The highest BCUT2D eigenvalue weighted by molar-refractivity contribution is 6.11. The predicted molar refractivity (Wildman–Crippen MR) is 85.9 cm³/mol. The van der Waals surface area contributed by atoms with E-state index in [2.05, 4.69) is 20.3 Å². The number of nitrogens with one attached hydrogen (secondary N) is 2. The minimum absolute atomic E-state index is 0.272. The largest absolute Gasteiger partial charge is 0.480 e. The van der Waals surface area contributed by atoms with Crippen LogP contribution in [0.3, 0.4) is 0 Å². The number of aliphatic carboxylic acids is 1. The summed E-state index contributed by atoms with van der Waals surface area (Å²) in [6, 6.07) is 7.14. The first-order valence-corrected chi connectivity index (χ1v) is 7.27. The van der Waals surface area contributed by atoms with Crippen LogP contribution < -0.4 is 5.32 Å². The van der Waals surface area contributed by atoms with Gasteiger partial charge in [-0.05, 0) is 18.4 Å². The molecule has 114 valence electrons. The molecule has 22 heavy (non-hydrogen) atoms. The second-order valence-corrected chi connectivity index (χ2v) is 5.78. The minimum Gasteiger partial charge on any atom is -0.480 e. The van der Waals surface area contributed by atoms with E-state index in [0.717, 1.165) is 16.3 Å². The number of para-hydroxylation sites is 1. The van der Waals surface area contributed by atoms with Crippen molar-refractivity contribution in [1.29, 1.82) is 0 Å². The molecular formula is C16H18N4O2. The maximum absolute atomic E-state index is 11.5. The first-order chi connectivity index (χ1) is 10.6. The number of carboxylic acid groups (broad SMARTS) is 1. The van der Waals surface area contributed by atoms with E-state index in [-0.39, 0.29) is 5.92 Å². The van der Waals surface area contributed by atoms with Crippen molar-refractivity contribution in [2.75, 3.05) is 5.32 Å². The molecule has 0 aliphatic carbocycles. The van der Waals surface area contributed by atoms with Crippen LogP contribution in [0.2, 0.25) is 0 Å². The highest BCUT2D eigenvalue weighted by Crippen LogP contribution is 2.29. The zero-order chi connectivity index (χ0) is 15.7. The van der Waals surface area contributed by atoms with Gasteiger partial charge in [-0.3, -0.25) is 0 Å². The number of aromatic amines is 1. The van der Waals surface area contributed by atoms with Gasteiger partial charge < -0.3 is 15.4 Å². The summed E-state index contributed by atoms with van der Waals surface area (Å²) >= 11 is 0. The maximum atomic E-state index is 11.5. The summed E-state index contributed by atoms with van der Waals surface area (Å²) in [6.45, 7) is 4.00. The monoisotopic (exact) mass is 298 g/mol. The zero-order valence-electron chi connectivity index (χ0n) is 12.5. The van der Waals surface area contributed by atoms with E-state index in [9.17, 15) is 9.90 Å². The summed E-state index contributed by atoms with van der Waals surface area (Å²) in [5, 5.41) is 14.3. The Bertz CT molecular complexity index is 825. The highest BCUT2D eigenvalue weighted by Gasteiger charge is 2.21. The van der Waals surface area contributed by atoms with Crippen LogP contribution in [0.1, 0.15) is 20.3 Å². The fraction of sp³-hybridized carbons (Fsp3) is 0.312. The average Bonchev–Trinajstić information content (AvgIpc) is 2.85. The molecule has 0 aliphatic heterocycles. The molecule has 6 heteroatoms. The number of hydrogen-bond donors (Lipinski definition) is 3. The van der Waals surface area contributed by atoms with E-state index >= 15 is 0 Å². The lowest BCUT2D eigenvalue weighted by Crippen LogP contribution is -2.31. The van der Waals surface area contributed by atoms with E-state index in [1.165, 1.54) is 6.33 Å². The number of hydrogen-bond acceptors (Lipinski definition) is 4. The van der Waals surface area contributed by atoms with Crippen LogP contribution in [0, 0.1) is 5.92 Å². The van der Waals surface area contributed by atoms with Gasteiger partial charge in [0.15, 0.2) is 0 Å². The molecule has 0 aliphatic rings. The van der Waals surface area contributed by atoms with Crippen molar-refractivity contribution < 1.29 is 9.90 Å². The lowest BCUT2D eigenvalue weighted by molar-refractivity contribution is -0.138. The number of rotatable bonds is 5. The number of nitrogens with zero attached hydrogens (tertiary/aromatic N) is 2. The molecule has 0 saturated carbocycles. The Morgan fingerprint density at radius 2 is 2.09 bits per heavy atom. The molecule has 3 rings (SSSR count). The van der Waals surface area contributed by atoms with Gasteiger partial charge in [-0.25, -0.2) is 14.8 Å². The molecular weight excluding hydrogens is 280 g/mol. The Morgan fingerprint density at radius 1 is 1.32 bits per heavy atom. The summed E-state index contributed by atoms with van der Waals surface area (Å²) in [5.74, 6) is -0.0512. The number of carbonyl (C=O) groups is 1. The maximum Gasteiger partial charge on any atom is 0.326 e. The van der Waals surface area contributed by atoms with Gasteiger partial charge in [0.2, 0.25) is 0 Å². The van der Waals surface area contributed by atoms with Crippen LogP contribution in [-0.4, -0.2) is 32.1 Å². The van der Waals surface area contributed by atoms with Crippen molar-refractivity contribution in [1.82, 2.24) is 15.0 Å². The van der Waals surface area contributed by atoms with E-state index in [1.54, 1.807) is 0 Å². The highest BCUT2D eigenvalue weighted by atomic mass is 16.4. The number of carboxylic acids is 1. The molecule has 0 bridgehead atoms. The number of fused-ring (bicyclic) bond motifs is 3. The third-order valence-corrected chi connectivity index (χ3v) is 3.61. The van der Waals surface area contributed by atoms with Crippen LogP contribution in [0.4, 0.5) is 5.82 Å². The SMILES string of the molecule is CC(C)C[C@@H](Nc1ncnc2[nH]c3ccccc3c12)C(=O)O. The second-order valence-electron chi connectivity index (χ2n) is 5.78. The average molecular weight is 298 g/mol. The molecule has 0 radical (unpaired) electrons. The summed E-state index contributed by atoms with van der Waals surface area (Å²) in [5.41, 5.74) is 1.66. The van der Waals surface area contributed by atoms with Gasteiger partial charge in [0.25, 0.3) is 0 Å². The van der Waals surface area contributed by atoms with E-state index < -0.39 is 12.0 Å². The molecule has 3 aromatic rings. The van der Waals surface area contributed by atoms with Crippen molar-refractivity contribution in [3.05, 3.63) is 30.6 Å². The summed E-state index contributed by atoms with van der Waals surface area (Å²) in [6.07, 6.45) is 1.97. The number of anilines is 1. The van der Waals surface area contributed by atoms with E-state index in [0.29, 0.717) is 17.9 Å². The van der Waals surface area contributed by atoms with Gasteiger partial charge in [0.05, 0.1) is 5.39 Å². The Morgan fingerprint density at radius 3 is 2.82 bits per heavy atom. The Kier molecular flexibility index (Phi) is 3.66. The lowest BCUT2D eigenvalue weighted by atomic mass is 10.0. The number of aromatic nitrogens is 3. The van der Waals surface area contributed by atoms with Gasteiger partial charge in [-0.15, -0.1) is 0 Å². The van der Waals surface area contributed by atoms with E-state index in [4.69, 9.17) is 0 Å². The molecule has 0 spiro atoms. The minimum atomic E-state index is -0.875. The molecule has 3 N–H and O–H groups in total. The topological polar surface area (TPSA) is 90.9 Å². The van der Waals surface area contributed by atoms with Gasteiger partial charge in [-0.2, -0.15) is 0 Å². The smallest absolute Gasteiger partial charge is 0.326 e. The van der Waals surface area contributed by atoms with Crippen LogP contribution in [-0.2, 0) is 4.79 Å². The third-order valence-electron chi connectivity index (χ3n) is 3.61.